The molecular weight excluding hydrogens is 378 g/mol. The topological polar surface area (TPSA) is 100 Å². The van der Waals surface area contributed by atoms with Crippen LogP contribution >= 0.6 is 0 Å². The van der Waals surface area contributed by atoms with E-state index >= 15 is 0 Å². The Morgan fingerprint density at radius 3 is 2.10 bits per heavy atom. The third-order valence-corrected chi connectivity index (χ3v) is 4.02. The number of hydrogen-bond donors (Lipinski definition) is 0. The van der Waals surface area contributed by atoms with E-state index < -0.39 is 29.0 Å². The molecule has 0 aliphatic carbocycles. The number of esters is 3. The molecule has 0 amide bonds. The fraction of sp³-hybridized carbons (Fsp3) is 0.429. The van der Waals surface area contributed by atoms with Gasteiger partial charge in [-0.1, -0.05) is 30.3 Å². The largest absolute Gasteiger partial charge is 0.465 e. The lowest BCUT2D eigenvalue weighted by Crippen LogP contribution is -2.42. The Balaban J connectivity index is 2.96. The molecule has 0 radical (unpaired) electrons. The van der Waals surface area contributed by atoms with Gasteiger partial charge in [0.2, 0.25) is 5.90 Å². The van der Waals surface area contributed by atoms with Crippen molar-refractivity contribution in [1.82, 2.24) is 0 Å². The minimum absolute atomic E-state index is 0.0323. The van der Waals surface area contributed by atoms with Gasteiger partial charge in [-0.25, -0.2) is 19.4 Å². The second-order valence-electron chi connectivity index (χ2n) is 7.19. The van der Waals surface area contributed by atoms with Gasteiger partial charge in [0.25, 0.3) is 5.60 Å². The average Bonchev–Trinajstić information content (AvgIpc) is 3.01. The molecule has 156 valence electrons. The molecule has 8 heteroatoms. The van der Waals surface area contributed by atoms with Gasteiger partial charge in [0.05, 0.1) is 26.4 Å². The number of hydrogen-bond acceptors (Lipinski definition) is 8. The van der Waals surface area contributed by atoms with Crippen molar-refractivity contribution in [1.29, 1.82) is 0 Å². The fourth-order valence-electron chi connectivity index (χ4n) is 2.92. The Morgan fingerprint density at radius 1 is 1.03 bits per heavy atom. The van der Waals surface area contributed by atoms with Gasteiger partial charge < -0.3 is 18.9 Å². The molecule has 1 aromatic rings. The van der Waals surface area contributed by atoms with Crippen LogP contribution in [0.2, 0.25) is 0 Å². The van der Waals surface area contributed by atoms with Crippen molar-refractivity contribution in [3.05, 3.63) is 47.0 Å². The van der Waals surface area contributed by atoms with Gasteiger partial charge in [0.15, 0.2) is 0 Å². The maximum absolute atomic E-state index is 13.2. The van der Waals surface area contributed by atoms with Gasteiger partial charge in [0, 0.05) is 5.56 Å². The van der Waals surface area contributed by atoms with E-state index in [1.54, 1.807) is 58.0 Å². The molecule has 0 saturated carbocycles. The van der Waals surface area contributed by atoms with Crippen molar-refractivity contribution in [3.8, 4) is 0 Å². The first-order chi connectivity index (χ1) is 13.6. The van der Waals surface area contributed by atoms with E-state index in [0.717, 1.165) is 14.2 Å². The van der Waals surface area contributed by atoms with Gasteiger partial charge in [0.1, 0.15) is 11.1 Å². The summed E-state index contributed by atoms with van der Waals surface area (Å²) in [5, 5.41) is 0. The molecule has 8 nitrogen and oxygen atoms in total. The van der Waals surface area contributed by atoms with Gasteiger partial charge in [-0.2, -0.15) is 0 Å². The Labute approximate surface area is 169 Å². The summed E-state index contributed by atoms with van der Waals surface area (Å²) in [4.78, 5) is 43.0. The minimum Gasteiger partial charge on any atom is -0.465 e. The molecule has 0 saturated heterocycles. The number of rotatable bonds is 5. The SMILES string of the molecule is CCOC(=O)C1(c2ccccc2)OC(=NC(C)(C)C)C(C(=O)OC)=C1C(=O)OC. The molecule has 1 unspecified atom stereocenters. The standard InChI is InChI=1S/C21H25NO7/c1-7-28-19(25)21(13-11-9-8-10-12-13)15(18(24)27-6)14(17(23)26-5)16(29-21)22-20(2,3)4/h8-12H,7H2,1-6H3. The molecule has 0 bridgehead atoms. The lowest BCUT2D eigenvalue weighted by Gasteiger charge is -2.28. The van der Waals surface area contributed by atoms with Crippen LogP contribution in [-0.4, -0.2) is 50.2 Å². The lowest BCUT2D eigenvalue weighted by molar-refractivity contribution is -0.162. The van der Waals surface area contributed by atoms with E-state index in [-0.39, 0.29) is 23.7 Å². The summed E-state index contributed by atoms with van der Waals surface area (Å²) in [5.41, 5.74) is -3.06. The van der Waals surface area contributed by atoms with Crippen molar-refractivity contribution < 1.29 is 33.3 Å². The average molecular weight is 403 g/mol. The summed E-state index contributed by atoms with van der Waals surface area (Å²) in [6.07, 6.45) is 0. The predicted molar refractivity (Wildman–Crippen MR) is 104 cm³/mol. The third-order valence-electron chi connectivity index (χ3n) is 4.02. The minimum atomic E-state index is -2.06. The summed E-state index contributed by atoms with van der Waals surface area (Å²) in [5.74, 6) is -2.87. The van der Waals surface area contributed by atoms with Crippen LogP contribution in [0.3, 0.4) is 0 Å². The van der Waals surface area contributed by atoms with Gasteiger partial charge in [-0.05, 0) is 27.7 Å². The Bertz CT molecular complexity index is 865. The van der Waals surface area contributed by atoms with Crippen molar-refractivity contribution in [2.45, 2.75) is 38.8 Å². The Morgan fingerprint density at radius 2 is 1.62 bits per heavy atom. The number of carbonyl (C=O) groups is 3. The second-order valence-corrected chi connectivity index (χ2v) is 7.19. The molecule has 0 spiro atoms. The fourth-order valence-corrected chi connectivity index (χ4v) is 2.92. The number of benzene rings is 1. The van der Waals surface area contributed by atoms with Crippen molar-refractivity contribution in [3.63, 3.8) is 0 Å². The molecule has 0 N–H and O–H groups in total. The normalized spacial score (nSPS) is 20.3. The number of ether oxygens (including phenoxy) is 4. The van der Waals surface area contributed by atoms with Crippen molar-refractivity contribution in [2.75, 3.05) is 20.8 Å². The predicted octanol–water partition coefficient (Wildman–Crippen LogP) is 2.31. The van der Waals surface area contributed by atoms with Crippen LogP contribution in [0.1, 0.15) is 33.3 Å². The first kappa shape index (κ1) is 22.1. The second kappa shape index (κ2) is 8.46. The molecule has 2 rings (SSSR count). The quantitative estimate of drug-likeness (QED) is 0.549. The van der Waals surface area contributed by atoms with E-state index in [9.17, 15) is 14.4 Å². The summed E-state index contributed by atoms with van der Waals surface area (Å²) >= 11 is 0. The third kappa shape index (κ3) is 4.16. The Hall–Kier alpha value is -3.16. The van der Waals surface area contributed by atoms with Crippen LogP contribution in [0.15, 0.2) is 46.5 Å². The molecule has 1 aliphatic heterocycles. The van der Waals surface area contributed by atoms with Crippen LogP contribution in [0.5, 0.6) is 0 Å². The van der Waals surface area contributed by atoms with Gasteiger partial charge in [-0.3, -0.25) is 0 Å². The van der Waals surface area contributed by atoms with E-state index in [0.29, 0.717) is 5.56 Å². The highest BCUT2D eigenvalue weighted by Crippen LogP contribution is 2.44. The van der Waals surface area contributed by atoms with Crippen LogP contribution in [0.25, 0.3) is 0 Å². The zero-order valence-electron chi connectivity index (χ0n) is 17.4. The number of carbonyl (C=O) groups excluding carboxylic acids is 3. The van der Waals surface area contributed by atoms with E-state index in [2.05, 4.69) is 4.99 Å². The van der Waals surface area contributed by atoms with Crippen LogP contribution in [-0.2, 0) is 38.9 Å². The maximum Gasteiger partial charge on any atom is 0.360 e. The molecule has 0 aromatic heterocycles. The van der Waals surface area contributed by atoms with Crippen LogP contribution in [0, 0.1) is 0 Å². The highest BCUT2D eigenvalue weighted by atomic mass is 16.6. The van der Waals surface area contributed by atoms with Gasteiger partial charge >= 0.3 is 17.9 Å². The smallest absolute Gasteiger partial charge is 0.360 e. The molecule has 1 aliphatic rings. The monoisotopic (exact) mass is 403 g/mol. The molecule has 29 heavy (non-hydrogen) atoms. The highest BCUT2D eigenvalue weighted by molar-refractivity contribution is 6.26. The zero-order valence-corrected chi connectivity index (χ0v) is 17.4. The van der Waals surface area contributed by atoms with E-state index in [4.69, 9.17) is 18.9 Å². The van der Waals surface area contributed by atoms with Crippen LogP contribution < -0.4 is 0 Å². The van der Waals surface area contributed by atoms with Crippen molar-refractivity contribution in [2.24, 2.45) is 4.99 Å². The van der Waals surface area contributed by atoms with Crippen LogP contribution in [0.4, 0.5) is 0 Å². The number of methoxy groups -OCH3 is 2. The summed E-state index contributed by atoms with van der Waals surface area (Å²) in [6, 6.07) is 8.27. The highest BCUT2D eigenvalue weighted by Gasteiger charge is 2.60. The first-order valence-corrected chi connectivity index (χ1v) is 9.05. The van der Waals surface area contributed by atoms with E-state index in [1.807, 2.05) is 0 Å². The Kier molecular flexibility index (Phi) is 6.46. The number of nitrogens with zero attached hydrogens (tertiary/aromatic N) is 1. The summed E-state index contributed by atoms with van der Waals surface area (Å²) < 4.78 is 21.0. The molecule has 1 aromatic carbocycles. The zero-order chi connectivity index (χ0) is 21.8. The molecular formula is C21H25NO7. The first-order valence-electron chi connectivity index (χ1n) is 9.05. The molecule has 1 atom stereocenters. The molecule has 0 fully saturated rings. The number of aliphatic imine (C=N–C) groups is 1. The van der Waals surface area contributed by atoms with Gasteiger partial charge in [-0.15, -0.1) is 0 Å². The maximum atomic E-state index is 13.2. The van der Waals surface area contributed by atoms with E-state index in [1.165, 1.54) is 0 Å². The molecule has 1 heterocycles. The van der Waals surface area contributed by atoms with Crippen molar-refractivity contribution >= 4 is 23.8 Å². The summed E-state index contributed by atoms with van der Waals surface area (Å²) in [7, 11) is 2.30. The summed E-state index contributed by atoms with van der Waals surface area (Å²) in [6.45, 7) is 7.00. The lowest BCUT2D eigenvalue weighted by atomic mass is 9.84.